The van der Waals surface area contributed by atoms with Crippen molar-refractivity contribution in [3.63, 3.8) is 0 Å². The lowest BCUT2D eigenvalue weighted by atomic mass is 9.97. The topological polar surface area (TPSA) is 99.2 Å². The van der Waals surface area contributed by atoms with Gasteiger partial charge in [-0.15, -0.1) is 0 Å². The van der Waals surface area contributed by atoms with Gasteiger partial charge in [0.25, 0.3) is 11.8 Å². The molecule has 2 amide bonds. The molecule has 1 saturated heterocycles. The van der Waals surface area contributed by atoms with E-state index in [1.165, 1.54) is 12.5 Å². The number of hydrogen-bond acceptors (Lipinski definition) is 7. The van der Waals surface area contributed by atoms with Crippen LogP contribution >= 0.6 is 0 Å². The van der Waals surface area contributed by atoms with Crippen LogP contribution < -0.4 is 0 Å². The van der Waals surface area contributed by atoms with Gasteiger partial charge in [0.15, 0.2) is 0 Å². The molecule has 1 aliphatic rings. The molecule has 0 aromatic heterocycles. The Balaban J connectivity index is 1.84. The van der Waals surface area contributed by atoms with Crippen LogP contribution in [0.4, 0.5) is 4.79 Å². The maximum absolute atomic E-state index is 12.3. The molecule has 2 unspecified atom stereocenters. The Hall–Kier alpha value is -2.90. The predicted molar refractivity (Wildman–Crippen MR) is 97.6 cm³/mol. The number of rotatable bonds is 7. The molecule has 2 rings (SSSR count). The lowest BCUT2D eigenvalue weighted by molar-refractivity contribution is -0.191. The van der Waals surface area contributed by atoms with Crippen LogP contribution in [0.2, 0.25) is 0 Å². The maximum Gasteiger partial charge on any atom is 0.537 e. The van der Waals surface area contributed by atoms with Crippen molar-refractivity contribution >= 4 is 23.9 Å². The first-order valence-electron chi connectivity index (χ1n) is 9.21. The van der Waals surface area contributed by atoms with E-state index >= 15 is 0 Å². The van der Waals surface area contributed by atoms with E-state index < -0.39 is 36.1 Å². The largest absolute Gasteiger partial charge is 0.537 e. The van der Waals surface area contributed by atoms with E-state index in [0.717, 1.165) is 12.0 Å². The third kappa shape index (κ3) is 5.80. The third-order valence-electron chi connectivity index (χ3n) is 4.19. The molecule has 0 N–H and O–H groups in total. The van der Waals surface area contributed by atoms with Gasteiger partial charge in [-0.1, -0.05) is 43.2 Å². The van der Waals surface area contributed by atoms with Crippen molar-refractivity contribution in [2.75, 3.05) is 0 Å². The predicted octanol–water partition coefficient (Wildman–Crippen LogP) is 3.10. The number of nitrogens with zero attached hydrogens (tertiary/aromatic N) is 1. The quantitative estimate of drug-likeness (QED) is 0.400. The molecule has 8 nitrogen and oxygen atoms in total. The highest BCUT2D eigenvalue weighted by Gasteiger charge is 2.34. The minimum absolute atomic E-state index is 0.0237. The summed E-state index contributed by atoms with van der Waals surface area (Å²) < 4.78 is 9.88. The van der Waals surface area contributed by atoms with E-state index in [4.69, 9.17) is 9.47 Å². The molecule has 8 heteroatoms. The first-order chi connectivity index (χ1) is 13.2. The molecule has 0 radical (unpaired) electrons. The standard InChI is InChI=1S/C20H25NO7/c1-12(2)11-15-5-7-16(8-6-15)13(3)19(24)26-14(4)27-20(25)28-21-17(22)9-10-18(21)23/h5-8,12-14H,9-11H2,1-4H3. The smallest absolute Gasteiger partial charge is 0.425 e. The Morgan fingerprint density at radius 3 is 2.07 bits per heavy atom. The summed E-state index contributed by atoms with van der Waals surface area (Å²) in [6.45, 7) is 7.29. The van der Waals surface area contributed by atoms with Crippen molar-refractivity contribution in [1.82, 2.24) is 5.06 Å². The lowest BCUT2D eigenvalue weighted by Crippen LogP contribution is -2.34. The van der Waals surface area contributed by atoms with E-state index in [-0.39, 0.29) is 12.8 Å². The fraction of sp³-hybridized carbons (Fsp3) is 0.500. The van der Waals surface area contributed by atoms with Crippen LogP contribution in [0.15, 0.2) is 24.3 Å². The van der Waals surface area contributed by atoms with Crippen molar-refractivity contribution in [3.05, 3.63) is 35.4 Å². The number of imide groups is 1. The Kier molecular flexibility index (Phi) is 7.14. The Labute approximate surface area is 163 Å². The highest BCUT2D eigenvalue weighted by molar-refractivity contribution is 6.01. The van der Waals surface area contributed by atoms with Crippen molar-refractivity contribution in [2.45, 2.75) is 59.2 Å². The zero-order chi connectivity index (χ0) is 20.8. The summed E-state index contributed by atoms with van der Waals surface area (Å²) >= 11 is 0. The summed E-state index contributed by atoms with van der Waals surface area (Å²) in [5.74, 6) is -1.85. The fourth-order valence-electron chi connectivity index (χ4n) is 2.73. The van der Waals surface area contributed by atoms with Crippen LogP contribution in [-0.2, 0) is 35.1 Å². The zero-order valence-corrected chi connectivity index (χ0v) is 16.5. The molecule has 0 spiro atoms. The number of hydrogen-bond donors (Lipinski definition) is 0. The molecule has 1 aromatic carbocycles. The van der Waals surface area contributed by atoms with Gasteiger partial charge in [-0.2, -0.15) is 0 Å². The van der Waals surface area contributed by atoms with Gasteiger partial charge in [0.05, 0.1) is 5.92 Å². The van der Waals surface area contributed by atoms with Crippen molar-refractivity contribution in [2.24, 2.45) is 5.92 Å². The van der Waals surface area contributed by atoms with Crippen molar-refractivity contribution in [3.8, 4) is 0 Å². The van der Waals surface area contributed by atoms with Gasteiger partial charge in [-0.3, -0.25) is 19.2 Å². The Morgan fingerprint density at radius 2 is 1.54 bits per heavy atom. The van der Waals surface area contributed by atoms with Crippen LogP contribution in [0, 0.1) is 5.92 Å². The minimum Gasteiger partial charge on any atom is -0.425 e. The summed E-state index contributed by atoms with van der Waals surface area (Å²) in [4.78, 5) is 51.3. The summed E-state index contributed by atoms with van der Waals surface area (Å²) in [7, 11) is 0. The second kappa shape index (κ2) is 9.34. The number of ether oxygens (including phenoxy) is 2. The normalized spacial score (nSPS) is 16.1. The molecular weight excluding hydrogens is 366 g/mol. The molecule has 1 heterocycles. The number of amides is 2. The minimum atomic E-state index is -1.30. The van der Waals surface area contributed by atoms with Crippen molar-refractivity contribution < 1.29 is 33.5 Å². The summed E-state index contributed by atoms with van der Waals surface area (Å²) in [5, 5.41) is 0.359. The molecule has 1 aliphatic heterocycles. The van der Waals surface area contributed by atoms with Gasteiger partial charge in [-0.05, 0) is 30.4 Å². The molecule has 1 fully saturated rings. The third-order valence-corrected chi connectivity index (χ3v) is 4.19. The molecule has 2 atom stereocenters. The van der Waals surface area contributed by atoms with E-state index in [1.807, 2.05) is 24.3 Å². The Bertz CT molecular complexity index is 725. The van der Waals surface area contributed by atoms with Crippen LogP contribution in [0.5, 0.6) is 0 Å². The first-order valence-corrected chi connectivity index (χ1v) is 9.21. The van der Waals surface area contributed by atoms with E-state index in [9.17, 15) is 19.2 Å². The number of carbonyl (C=O) groups excluding carboxylic acids is 4. The van der Waals surface area contributed by atoms with Gasteiger partial charge in [0, 0.05) is 19.8 Å². The molecule has 0 bridgehead atoms. The van der Waals surface area contributed by atoms with Gasteiger partial charge < -0.3 is 9.47 Å². The molecule has 0 saturated carbocycles. The number of carbonyl (C=O) groups is 4. The number of benzene rings is 1. The molecule has 152 valence electrons. The molecular formula is C20H25NO7. The van der Waals surface area contributed by atoms with Crippen LogP contribution in [0.25, 0.3) is 0 Å². The van der Waals surface area contributed by atoms with Gasteiger partial charge in [0.2, 0.25) is 6.29 Å². The maximum atomic E-state index is 12.3. The molecule has 0 aliphatic carbocycles. The Morgan fingerprint density at radius 1 is 0.964 bits per heavy atom. The highest BCUT2D eigenvalue weighted by atomic mass is 16.9. The lowest BCUT2D eigenvalue weighted by Gasteiger charge is -2.18. The van der Waals surface area contributed by atoms with Crippen LogP contribution in [0.3, 0.4) is 0 Å². The van der Waals surface area contributed by atoms with Crippen molar-refractivity contribution in [1.29, 1.82) is 0 Å². The number of hydroxylamine groups is 2. The zero-order valence-electron chi connectivity index (χ0n) is 16.5. The first kappa shape index (κ1) is 21.4. The van der Waals surface area contributed by atoms with Crippen LogP contribution in [0.1, 0.15) is 57.6 Å². The SMILES string of the molecule is CC(C)Cc1ccc(C(C)C(=O)OC(C)OC(=O)ON2C(=O)CCC2=O)cc1. The van der Waals surface area contributed by atoms with Gasteiger partial charge >= 0.3 is 12.1 Å². The van der Waals surface area contributed by atoms with E-state index in [0.29, 0.717) is 11.0 Å². The monoisotopic (exact) mass is 391 g/mol. The second-order valence-electron chi connectivity index (χ2n) is 7.11. The molecule has 28 heavy (non-hydrogen) atoms. The van der Waals surface area contributed by atoms with Gasteiger partial charge in [-0.25, -0.2) is 4.79 Å². The fourth-order valence-corrected chi connectivity index (χ4v) is 2.73. The van der Waals surface area contributed by atoms with E-state index in [1.54, 1.807) is 6.92 Å². The average Bonchev–Trinajstić information content (AvgIpc) is 2.93. The number of esters is 1. The highest BCUT2D eigenvalue weighted by Crippen LogP contribution is 2.20. The summed E-state index contributed by atoms with van der Waals surface area (Å²) in [6.07, 6.45) is -1.63. The summed E-state index contributed by atoms with van der Waals surface area (Å²) in [5.41, 5.74) is 1.96. The second-order valence-corrected chi connectivity index (χ2v) is 7.11. The summed E-state index contributed by atoms with van der Waals surface area (Å²) in [6, 6.07) is 7.68. The van der Waals surface area contributed by atoms with E-state index in [2.05, 4.69) is 18.7 Å². The van der Waals surface area contributed by atoms with Crippen LogP contribution in [-0.4, -0.2) is 35.3 Å². The van der Waals surface area contributed by atoms with Gasteiger partial charge in [0.1, 0.15) is 0 Å². The average molecular weight is 391 g/mol. The molecule has 1 aromatic rings.